The average Bonchev–Trinajstić information content (AvgIpc) is 2.47. The molecule has 0 atom stereocenters. The second kappa shape index (κ2) is 5.52. The van der Waals surface area contributed by atoms with E-state index in [9.17, 15) is 4.79 Å². The Morgan fingerprint density at radius 3 is 2.57 bits per heavy atom. The highest BCUT2D eigenvalue weighted by atomic mass is 16.1. The Morgan fingerprint density at radius 2 is 1.81 bits per heavy atom. The van der Waals surface area contributed by atoms with Crippen molar-refractivity contribution in [1.82, 2.24) is 9.55 Å². The summed E-state index contributed by atoms with van der Waals surface area (Å²) in [5.74, 6) is 0.772. The van der Waals surface area contributed by atoms with E-state index in [-0.39, 0.29) is 5.56 Å². The van der Waals surface area contributed by atoms with Crippen molar-refractivity contribution in [2.75, 3.05) is 0 Å². The molecule has 3 rings (SSSR count). The third kappa shape index (κ3) is 2.72. The van der Waals surface area contributed by atoms with Gasteiger partial charge in [-0.15, -0.1) is 0 Å². The smallest absolute Gasteiger partial charge is 0.261 e. The van der Waals surface area contributed by atoms with E-state index < -0.39 is 0 Å². The molecule has 0 spiro atoms. The molecule has 0 saturated heterocycles. The molecule has 0 N–H and O–H groups in total. The number of aryl methyl sites for hydroxylation is 3. The molecule has 3 heteroatoms. The minimum absolute atomic E-state index is 0.0495. The Labute approximate surface area is 123 Å². The van der Waals surface area contributed by atoms with Gasteiger partial charge in [-0.3, -0.25) is 9.36 Å². The Hall–Kier alpha value is -2.42. The van der Waals surface area contributed by atoms with Crippen LogP contribution in [0.3, 0.4) is 0 Å². The van der Waals surface area contributed by atoms with Crippen LogP contribution in [0.5, 0.6) is 0 Å². The summed E-state index contributed by atoms with van der Waals surface area (Å²) < 4.78 is 1.77. The summed E-state index contributed by atoms with van der Waals surface area (Å²) >= 11 is 0. The molecule has 0 aliphatic carbocycles. The van der Waals surface area contributed by atoms with Gasteiger partial charge in [-0.25, -0.2) is 4.98 Å². The van der Waals surface area contributed by atoms with E-state index >= 15 is 0 Å². The molecular weight excluding hydrogens is 260 g/mol. The molecule has 0 fully saturated rings. The van der Waals surface area contributed by atoms with Crippen molar-refractivity contribution < 1.29 is 0 Å². The fourth-order valence-electron chi connectivity index (χ4n) is 2.59. The number of benzene rings is 2. The molecule has 3 aromatic rings. The summed E-state index contributed by atoms with van der Waals surface area (Å²) in [7, 11) is 0. The lowest BCUT2D eigenvalue weighted by Crippen LogP contribution is -2.24. The van der Waals surface area contributed by atoms with Crippen LogP contribution in [0.2, 0.25) is 0 Å². The molecule has 0 aliphatic heterocycles. The normalized spacial score (nSPS) is 11.0. The van der Waals surface area contributed by atoms with Crippen molar-refractivity contribution in [3.63, 3.8) is 0 Å². The van der Waals surface area contributed by atoms with Crippen molar-refractivity contribution in [3.05, 3.63) is 75.8 Å². The fraction of sp³-hybridized carbons (Fsp3) is 0.222. The van der Waals surface area contributed by atoms with E-state index in [0.29, 0.717) is 11.9 Å². The van der Waals surface area contributed by atoms with Crippen LogP contribution in [-0.4, -0.2) is 9.55 Å². The summed E-state index contributed by atoms with van der Waals surface area (Å²) in [4.78, 5) is 17.2. The Balaban J connectivity index is 1.99. The molecule has 2 aromatic carbocycles. The zero-order valence-electron chi connectivity index (χ0n) is 12.3. The summed E-state index contributed by atoms with van der Waals surface area (Å²) in [5, 5.41) is 0.694. The van der Waals surface area contributed by atoms with Gasteiger partial charge in [-0.2, -0.15) is 0 Å². The standard InChI is InChI=1S/C18H18N2O/c1-13-8-9-16-17(12-13)19-14(2)20(18(16)21)11-10-15-6-4-3-5-7-15/h3-9,12H,10-11H2,1-2H3. The number of hydrogen-bond acceptors (Lipinski definition) is 2. The summed E-state index contributed by atoms with van der Waals surface area (Å²) in [6, 6.07) is 16.0. The van der Waals surface area contributed by atoms with Crippen molar-refractivity contribution >= 4 is 10.9 Å². The highest BCUT2D eigenvalue weighted by Gasteiger charge is 2.08. The van der Waals surface area contributed by atoms with Gasteiger partial charge in [0.25, 0.3) is 5.56 Å². The Kier molecular flexibility index (Phi) is 3.57. The predicted octanol–water partition coefficient (Wildman–Crippen LogP) is 3.26. The van der Waals surface area contributed by atoms with E-state index in [1.165, 1.54) is 5.56 Å². The van der Waals surface area contributed by atoms with Gasteiger partial charge >= 0.3 is 0 Å². The highest BCUT2D eigenvalue weighted by Crippen LogP contribution is 2.11. The van der Waals surface area contributed by atoms with E-state index in [4.69, 9.17) is 0 Å². The summed E-state index contributed by atoms with van der Waals surface area (Å²) in [5.41, 5.74) is 3.19. The van der Waals surface area contributed by atoms with Crippen LogP contribution in [0.25, 0.3) is 10.9 Å². The molecule has 1 heterocycles. The maximum absolute atomic E-state index is 12.6. The number of hydrogen-bond donors (Lipinski definition) is 0. The largest absolute Gasteiger partial charge is 0.296 e. The molecule has 3 nitrogen and oxygen atoms in total. The van der Waals surface area contributed by atoms with Crippen LogP contribution >= 0.6 is 0 Å². The average molecular weight is 278 g/mol. The second-order valence-electron chi connectivity index (χ2n) is 5.37. The van der Waals surface area contributed by atoms with E-state index in [1.54, 1.807) is 4.57 Å². The molecule has 0 radical (unpaired) electrons. The van der Waals surface area contributed by atoms with Gasteiger partial charge in [-0.1, -0.05) is 36.4 Å². The van der Waals surface area contributed by atoms with Crippen LogP contribution in [0.1, 0.15) is 17.0 Å². The van der Waals surface area contributed by atoms with Crippen molar-refractivity contribution in [3.8, 4) is 0 Å². The van der Waals surface area contributed by atoms with Crippen LogP contribution in [0.4, 0.5) is 0 Å². The monoisotopic (exact) mass is 278 g/mol. The van der Waals surface area contributed by atoms with E-state index in [1.807, 2.05) is 50.2 Å². The van der Waals surface area contributed by atoms with Gasteiger partial charge in [0.15, 0.2) is 0 Å². The molecule has 0 amide bonds. The SMILES string of the molecule is Cc1ccc2c(=O)n(CCc3ccccc3)c(C)nc2c1. The molecule has 0 aliphatic rings. The molecule has 0 bridgehead atoms. The Bertz CT molecular complexity index is 835. The van der Waals surface area contributed by atoms with Gasteiger partial charge < -0.3 is 0 Å². The maximum Gasteiger partial charge on any atom is 0.261 e. The first-order valence-corrected chi connectivity index (χ1v) is 7.17. The third-order valence-corrected chi connectivity index (χ3v) is 3.77. The first-order chi connectivity index (χ1) is 10.1. The number of rotatable bonds is 3. The van der Waals surface area contributed by atoms with Gasteiger partial charge in [-0.05, 0) is 43.5 Å². The number of fused-ring (bicyclic) bond motifs is 1. The van der Waals surface area contributed by atoms with Crippen LogP contribution < -0.4 is 5.56 Å². The van der Waals surface area contributed by atoms with Gasteiger partial charge in [0.1, 0.15) is 5.82 Å². The highest BCUT2D eigenvalue weighted by molar-refractivity contribution is 5.78. The first kappa shape index (κ1) is 13.6. The zero-order chi connectivity index (χ0) is 14.8. The quantitative estimate of drug-likeness (QED) is 0.737. The fourth-order valence-corrected chi connectivity index (χ4v) is 2.59. The topological polar surface area (TPSA) is 34.9 Å². The molecule has 0 unspecified atom stereocenters. The van der Waals surface area contributed by atoms with E-state index in [2.05, 4.69) is 17.1 Å². The second-order valence-corrected chi connectivity index (χ2v) is 5.37. The van der Waals surface area contributed by atoms with Crippen molar-refractivity contribution in [2.24, 2.45) is 0 Å². The minimum atomic E-state index is 0.0495. The zero-order valence-corrected chi connectivity index (χ0v) is 12.3. The van der Waals surface area contributed by atoms with Crippen molar-refractivity contribution in [1.29, 1.82) is 0 Å². The lowest BCUT2D eigenvalue weighted by atomic mass is 10.1. The van der Waals surface area contributed by atoms with Crippen LogP contribution in [-0.2, 0) is 13.0 Å². The molecule has 106 valence electrons. The van der Waals surface area contributed by atoms with Gasteiger partial charge in [0.05, 0.1) is 10.9 Å². The number of nitrogens with zero attached hydrogens (tertiary/aromatic N) is 2. The summed E-state index contributed by atoms with van der Waals surface area (Å²) in [6.45, 7) is 4.57. The lowest BCUT2D eigenvalue weighted by molar-refractivity contribution is 0.638. The Morgan fingerprint density at radius 1 is 1.05 bits per heavy atom. The maximum atomic E-state index is 12.6. The van der Waals surface area contributed by atoms with Crippen molar-refractivity contribution in [2.45, 2.75) is 26.8 Å². The summed E-state index contributed by atoms with van der Waals surface area (Å²) in [6.07, 6.45) is 0.834. The number of aromatic nitrogens is 2. The predicted molar refractivity (Wildman–Crippen MR) is 85.6 cm³/mol. The third-order valence-electron chi connectivity index (χ3n) is 3.77. The van der Waals surface area contributed by atoms with Gasteiger partial charge in [0.2, 0.25) is 0 Å². The molecule has 21 heavy (non-hydrogen) atoms. The van der Waals surface area contributed by atoms with Gasteiger partial charge in [0, 0.05) is 6.54 Å². The van der Waals surface area contributed by atoms with E-state index in [0.717, 1.165) is 23.3 Å². The molecule has 0 saturated carbocycles. The first-order valence-electron chi connectivity index (χ1n) is 7.17. The van der Waals surface area contributed by atoms with Crippen LogP contribution in [0, 0.1) is 13.8 Å². The molecule has 1 aromatic heterocycles. The lowest BCUT2D eigenvalue weighted by Gasteiger charge is -2.11. The molecular formula is C18H18N2O. The van der Waals surface area contributed by atoms with Crippen LogP contribution in [0.15, 0.2) is 53.3 Å². The minimum Gasteiger partial charge on any atom is -0.296 e.